The van der Waals surface area contributed by atoms with E-state index in [2.05, 4.69) is 150 Å². The summed E-state index contributed by atoms with van der Waals surface area (Å²) in [4.78, 5) is 10.3. The fraction of sp³-hybridized carbons (Fsp3) is 0.184. The van der Waals surface area contributed by atoms with Gasteiger partial charge in [0, 0.05) is 38.5 Å². The number of phenols is 1. The molecule has 0 aliphatic carbocycles. The van der Waals surface area contributed by atoms with E-state index in [9.17, 15) is 5.11 Å². The number of fused-ring (bicyclic) bond motifs is 2. The van der Waals surface area contributed by atoms with Crippen LogP contribution in [0.25, 0.3) is 72.4 Å². The zero-order chi connectivity index (χ0) is 37.0. The van der Waals surface area contributed by atoms with E-state index >= 15 is 0 Å². The summed E-state index contributed by atoms with van der Waals surface area (Å²) in [7, 11) is 0. The molecule has 0 spiro atoms. The fourth-order valence-corrected chi connectivity index (χ4v) is 7.56. The molecule has 5 heteroatoms. The van der Waals surface area contributed by atoms with E-state index in [4.69, 9.17) is 9.97 Å². The standard InChI is InChI=1S/C49H44N3O.Pt/c1-30(2)34-25-33-15-12-24-50-46(33)42(29-34)36-26-35(27-37(28-36)45-31(3)13-10-14-32(45)4)40-17-11-18-43-47(40)51-48(41-16-8-9-19-44(41)53)52(43)39-22-20-38(21-23-39)49(5,6)7;/h8-25,27-30,53H,1-7H3;/q-1;. The third-order valence-corrected chi connectivity index (χ3v) is 10.4. The Morgan fingerprint density at radius 2 is 1.35 bits per heavy atom. The van der Waals surface area contributed by atoms with E-state index in [1.807, 2.05) is 30.5 Å². The Balaban J connectivity index is 0.00000450. The average molecular weight is 886 g/mol. The van der Waals surface area contributed by atoms with Gasteiger partial charge in [-0.3, -0.25) is 9.55 Å². The molecule has 0 amide bonds. The van der Waals surface area contributed by atoms with Gasteiger partial charge in [-0.25, -0.2) is 4.98 Å². The molecule has 0 aliphatic heterocycles. The maximum Gasteiger partial charge on any atom is 0.148 e. The van der Waals surface area contributed by atoms with E-state index in [0.29, 0.717) is 17.3 Å². The number of aryl methyl sites for hydroxylation is 2. The molecule has 0 bridgehead atoms. The maximum atomic E-state index is 11.2. The van der Waals surface area contributed by atoms with Crippen LogP contribution >= 0.6 is 0 Å². The molecule has 0 fully saturated rings. The molecule has 8 aromatic rings. The summed E-state index contributed by atoms with van der Waals surface area (Å²) in [6.07, 6.45) is 1.87. The summed E-state index contributed by atoms with van der Waals surface area (Å²) < 4.78 is 2.17. The summed E-state index contributed by atoms with van der Waals surface area (Å²) in [5, 5.41) is 12.3. The van der Waals surface area contributed by atoms with Crippen molar-refractivity contribution in [3.05, 3.63) is 156 Å². The predicted octanol–water partition coefficient (Wildman–Crippen LogP) is 12.8. The van der Waals surface area contributed by atoms with Gasteiger partial charge in [0.15, 0.2) is 0 Å². The number of aromatic nitrogens is 3. The summed E-state index contributed by atoms with van der Waals surface area (Å²) in [6, 6.07) is 46.1. The Hall–Kier alpha value is -5.31. The van der Waals surface area contributed by atoms with Gasteiger partial charge < -0.3 is 5.11 Å². The number of rotatable bonds is 6. The van der Waals surface area contributed by atoms with Gasteiger partial charge in [-0.1, -0.05) is 130 Å². The Labute approximate surface area is 332 Å². The molecule has 0 atom stereocenters. The Morgan fingerprint density at radius 3 is 2.04 bits per heavy atom. The minimum Gasteiger partial charge on any atom is -0.507 e. The topological polar surface area (TPSA) is 50.9 Å². The van der Waals surface area contributed by atoms with Gasteiger partial charge in [-0.15, -0.1) is 29.3 Å². The van der Waals surface area contributed by atoms with Crippen molar-refractivity contribution in [2.24, 2.45) is 0 Å². The second kappa shape index (κ2) is 14.5. The number of imidazole rings is 1. The number of nitrogens with zero attached hydrogens (tertiary/aromatic N) is 3. The quantitative estimate of drug-likeness (QED) is 0.169. The second-order valence-corrected chi connectivity index (χ2v) is 15.5. The van der Waals surface area contributed by atoms with E-state index in [1.54, 1.807) is 6.07 Å². The van der Waals surface area contributed by atoms with Crippen LogP contribution in [0.2, 0.25) is 0 Å². The van der Waals surface area contributed by atoms with E-state index in [0.717, 1.165) is 55.4 Å². The van der Waals surface area contributed by atoms with Crippen LogP contribution in [0, 0.1) is 19.9 Å². The molecule has 2 aromatic heterocycles. The third-order valence-electron chi connectivity index (χ3n) is 10.4. The third kappa shape index (κ3) is 6.69. The minimum absolute atomic E-state index is 0. The first-order valence-corrected chi connectivity index (χ1v) is 18.4. The van der Waals surface area contributed by atoms with Crippen LogP contribution in [0.5, 0.6) is 5.75 Å². The van der Waals surface area contributed by atoms with Crippen molar-refractivity contribution < 1.29 is 26.2 Å². The molecule has 6 aromatic carbocycles. The van der Waals surface area contributed by atoms with Crippen molar-refractivity contribution in [3.63, 3.8) is 0 Å². The smallest absolute Gasteiger partial charge is 0.148 e. The number of aromatic hydroxyl groups is 1. The molecule has 8 rings (SSSR count). The predicted molar refractivity (Wildman–Crippen MR) is 221 cm³/mol. The number of hydrogen-bond donors (Lipinski definition) is 1. The van der Waals surface area contributed by atoms with Crippen molar-refractivity contribution in [3.8, 4) is 56.2 Å². The summed E-state index contributed by atoms with van der Waals surface area (Å²) in [6.45, 7) is 15.5. The molecule has 0 saturated carbocycles. The summed E-state index contributed by atoms with van der Waals surface area (Å²) in [5.74, 6) is 1.22. The summed E-state index contributed by atoms with van der Waals surface area (Å²) in [5.41, 5.74) is 15.7. The molecule has 0 saturated heterocycles. The van der Waals surface area contributed by atoms with Crippen molar-refractivity contribution >= 4 is 21.9 Å². The molecule has 2 heterocycles. The normalized spacial score (nSPS) is 11.7. The van der Waals surface area contributed by atoms with Crippen molar-refractivity contribution in [1.82, 2.24) is 14.5 Å². The van der Waals surface area contributed by atoms with Crippen LogP contribution in [0.15, 0.2) is 128 Å². The maximum absolute atomic E-state index is 11.2. The molecule has 0 aliphatic rings. The molecule has 1 N–H and O–H groups in total. The first-order valence-electron chi connectivity index (χ1n) is 18.4. The Bertz CT molecular complexity index is 2640. The van der Waals surface area contributed by atoms with Crippen LogP contribution in [-0.2, 0) is 26.5 Å². The minimum atomic E-state index is 0. The number of pyridine rings is 1. The first kappa shape index (κ1) is 37.0. The summed E-state index contributed by atoms with van der Waals surface area (Å²) >= 11 is 0. The Morgan fingerprint density at radius 1 is 0.685 bits per heavy atom. The van der Waals surface area contributed by atoms with Gasteiger partial charge in [0.25, 0.3) is 0 Å². The van der Waals surface area contributed by atoms with Crippen LogP contribution in [0.4, 0.5) is 0 Å². The zero-order valence-electron chi connectivity index (χ0n) is 31.8. The van der Waals surface area contributed by atoms with Gasteiger partial charge in [-0.2, -0.15) is 0 Å². The number of phenolic OH excluding ortho intramolecular Hbond substituents is 1. The van der Waals surface area contributed by atoms with Crippen molar-refractivity contribution in [1.29, 1.82) is 0 Å². The monoisotopic (exact) mass is 885 g/mol. The number of benzene rings is 6. The van der Waals surface area contributed by atoms with Crippen LogP contribution in [-0.4, -0.2) is 19.6 Å². The van der Waals surface area contributed by atoms with Gasteiger partial charge >= 0.3 is 0 Å². The first-order chi connectivity index (χ1) is 25.5. The molecule has 0 unspecified atom stereocenters. The van der Waals surface area contributed by atoms with E-state index < -0.39 is 0 Å². The fourth-order valence-electron chi connectivity index (χ4n) is 7.56. The van der Waals surface area contributed by atoms with Crippen LogP contribution < -0.4 is 0 Å². The van der Waals surface area contributed by atoms with Gasteiger partial charge in [0.2, 0.25) is 0 Å². The zero-order valence-corrected chi connectivity index (χ0v) is 34.1. The molecule has 54 heavy (non-hydrogen) atoms. The average Bonchev–Trinajstić information content (AvgIpc) is 3.53. The van der Waals surface area contributed by atoms with Crippen molar-refractivity contribution in [2.75, 3.05) is 0 Å². The SMILES string of the molecule is Cc1cccc(C)c1-c1cc(-c2cc(C(C)C)cc3cccnc23)[c-]c(-c2cccc3c2nc(-c2ccccc2O)n3-c2ccc(C(C)(C)C)cc2)c1.[Pt]. The Kier molecular flexibility index (Phi) is 9.94. The van der Waals surface area contributed by atoms with Gasteiger partial charge in [-0.05, 0) is 89.2 Å². The second-order valence-electron chi connectivity index (χ2n) is 15.5. The van der Waals surface area contributed by atoms with Crippen molar-refractivity contribution in [2.45, 2.75) is 59.8 Å². The van der Waals surface area contributed by atoms with E-state index in [-0.39, 0.29) is 32.2 Å². The number of para-hydroxylation sites is 2. The molecule has 0 radical (unpaired) electrons. The molecular weight excluding hydrogens is 842 g/mol. The van der Waals surface area contributed by atoms with Gasteiger partial charge in [0.1, 0.15) is 11.6 Å². The molecule has 4 nitrogen and oxygen atoms in total. The van der Waals surface area contributed by atoms with Crippen LogP contribution in [0.3, 0.4) is 0 Å². The van der Waals surface area contributed by atoms with Gasteiger partial charge in [0.05, 0.1) is 16.6 Å². The van der Waals surface area contributed by atoms with E-state index in [1.165, 1.54) is 27.8 Å². The van der Waals surface area contributed by atoms with Crippen LogP contribution in [0.1, 0.15) is 62.8 Å². The number of hydrogen-bond acceptors (Lipinski definition) is 3. The largest absolute Gasteiger partial charge is 0.507 e. The molecule has 272 valence electrons. The molecular formula is C49H44N3OPt-.